The Kier molecular flexibility index (Phi) is 6.30. The third-order valence-corrected chi connectivity index (χ3v) is 3.54. The summed E-state index contributed by atoms with van der Waals surface area (Å²) in [5, 5.41) is 3.49. The van der Waals surface area contributed by atoms with E-state index in [9.17, 15) is 0 Å². The molecule has 2 fully saturated rings. The second kappa shape index (κ2) is 7.29. The first-order valence-electron chi connectivity index (χ1n) is 6.67. The third kappa shape index (κ3) is 3.65. The molecule has 3 heterocycles. The first kappa shape index (κ1) is 17.3. The summed E-state index contributed by atoms with van der Waals surface area (Å²) in [6.07, 6.45) is 2.83. The summed E-state index contributed by atoms with van der Waals surface area (Å²) in [4.78, 5) is 10.9. The number of anilines is 1. The molecule has 0 amide bonds. The normalized spacial score (nSPS) is 23.4. The quantitative estimate of drug-likeness (QED) is 0.918. The predicted octanol–water partition coefficient (Wildman–Crippen LogP) is 1.91. The number of piperazine rings is 1. The summed E-state index contributed by atoms with van der Waals surface area (Å²) in [6, 6.07) is 3.18. The Labute approximate surface area is 132 Å². The van der Waals surface area contributed by atoms with E-state index in [1.54, 1.807) is 6.33 Å². The Bertz CT molecular complexity index is 433. The average Bonchev–Trinajstić information content (AvgIpc) is 2.99. The maximum atomic E-state index is 5.65. The Balaban J connectivity index is 0.000001000. The van der Waals surface area contributed by atoms with Crippen molar-refractivity contribution in [2.45, 2.75) is 32.4 Å². The molecular formula is C13H22Cl2N4O. The number of hydrogen-bond acceptors (Lipinski definition) is 5. The van der Waals surface area contributed by atoms with Gasteiger partial charge < -0.3 is 15.0 Å². The topological polar surface area (TPSA) is 50.3 Å². The predicted molar refractivity (Wildman–Crippen MR) is 84.4 cm³/mol. The Morgan fingerprint density at radius 1 is 1.40 bits per heavy atom. The monoisotopic (exact) mass is 320 g/mol. The second-order valence-corrected chi connectivity index (χ2v) is 5.57. The molecule has 0 saturated carbocycles. The molecule has 2 saturated heterocycles. The van der Waals surface area contributed by atoms with Crippen molar-refractivity contribution in [1.82, 2.24) is 15.3 Å². The Hall–Kier alpha value is -0.780. The van der Waals surface area contributed by atoms with Crippen LogP contribution < -0.4 is 15.0 Å². The van der Waals surface area contributed by atoms with Crippen molar-refractivity contribution >= 4 is 30.6 Å². The molecule has 114 valence electrons. The molecule has 0 spiro atoms. The standard InChI is InChI=1S/C13H20N4O.2ClH/c1-9(2)7-18-13-4-12(15-8-16-13)17-6-10-3-11(17)5-14-10;;/h4,8-11,14H,3,5-7H2,1-2H3;2*1H/t10-,11-;;/m0../s1. The van der Waals surface area contributed by atoms with Gasteiger partial charge in [0.2, 0.25) is 5.88 Å². The van der Waals surface area contributed by atoms with E-state index in [0.717, 1.165) is 18.9 Å². The van der Waals surface area contributed by atoms with E-state index in [1.807, 2.05) is 6.07 Å². The zero-order valence-corrected chi connectivity index (χ0v) is 13.4. The van der Waals surface area contributed by atoms with Gasteiger partial charge >= 0.3 is 0 Å². The highest BCUT2D eigenvalue weighted by Gasteiger charge is 2.38. The van der Waals surface area contributed by atoms with Gasteiger partial charge in [0.1, 0.15) is 12.1 Å². The zero-order chi connectivity index (χ0) is 12.5. The van der Waals surface area contributed by atoms with Crippen molar-refractivity contribution in [2.24, 2.45) is 5.92 Å². The van der Waals surface area contributed by atoms with Gasteiger partial charge in [0.25, 0.3) is 0 Å². The van der Waals surface area contributed by atoms with Crippen molar-refractivity contribution in [3.8, 4) is 5.88 Å². The number of aromatic nitrogens is 2. The summed E-state index contributed by atoms with van der Waals surface area (Å²) in [5.74, 6) is 2.19. The summed E-state index contributed by atoms with van der Waals surface area (Å²) in [7, 11) is 0. The molecule has 0 aliphatic carbocycles. The molecule has 0 radical (unpaired) electrons. The molecule has 0 unspecified atom stereocenters. The molecule has 1 N–H and O–H groups in total. The van der Waals surface area contributed by atoms with Gasteiger partial charge in [0.05, 0.1) is 6.61 Å². The zero-order valence-electron chi connectivity index (χ0n) is 11.8. The van der Waals surface area contributed by atoms with Gasteiger partial charge in [-0.2, -0.15) is 0 Å². The van der Waals surface area contributed by atoms with E-state index in [0.29, 0.717) is 30.5 Å². The lowest BCUT2D eigenvalue weighted by atomic mass is 10.2. The second-order valence-electron chi connectivity index (χ2n) is 5.57. The number of halogens is 2. The minimum absolute atomic E-state index is 0. The molecule has 2 aliphatic heterocycles. The Morgan fingerprint density at radius 3 is 2.80 bits per heavy atom. The number of ether oxygens (including phenoxy) is 1. The van der Waals surface area contributed by atoms with Crippen LogP contribution in [0.25, 0.3) is 0 Å². The third-order valence-electron chi connectivity index (χ3n) is 3.54. The summed E-state index contributed by atoms with van der Waals surface area (Å²) < 4.78 is 5.65. The molecule has 7 heteroatoms. The van der Waals surface area contributed by atoms with Gasteiger partial charge in [0, 0.05) is 31.2 Å². The first-order chi connectivity index (χ1) is 8.72. The molecule has 5 nitrogen and oxygen atoms in total. The number of nitrogens with zero attached hydrogens (tertiary/aromatic N) is 3. The van der Waals surface area contributed by atoms with Gasteiger partial charge in [-0.15, -0.1) is 24.8 Å². The van der Waals surface area contributed by atoms with Crippen molar-refractivity contribution < 1.29 is 4.74 Å². The lowest BCUT2D eigenvalue weighted by molar-refractivity contribution is 0.261. The molecule has 20 heavy (non-hydrogen) atoms. The van der Waals surface area contributed by atoms with Crippen LogP contribution in [0.4, 0.5) is 5.82 Å². The van der Waals surface area contributed by atoms with Gasteiger partial charge in [-0.1, -0.05) is 13.8 Å². The van der Waals surface area contributed by atoms with E-state index in [-0.39, 0.29) is 24.8 Å². The lowest BCUT2D eigenvalue weighted by Gasteiger charge is -2.28. The maximum absolute atomic E-state index is 5.65. The van der Waals surface area contributed by atoms with Crippen LogP contribution in [0.15, 0.2) is 12.4 Å². The largest absolute Gasteiger partial charge is 0.477 e. The smallest absolute Gasteiger partial charge is 0.218 e. The number of fused-ring (bicyclic) bond motifs is 2. The molecule has 2 bridgehead atoms. The fraction of sp³-hybridized carbons (Fsp3) is 0.692. The lowest BCUT2D eigenvalue weighted by Crippen LogP contribution is -2.44. The highest BCUT2D eigenvalue weighted by molar-refractivity contribution is 5.85. The van der Waals surface area contributed by atoms with Gasteiger partial charge in [-0.3, -0.25) is 0 Å². The van der Waals surface area contributed by atoms with Gasteiger partial charge in [-0.05, 0) is 12.3 Å². The first-order valence-corrected chi connectivity index (χ1v) is 6.67. The number of hydrogen-bond donors (Lipinski definition) is 1. The van der Waals surface area contributed by atoms with Gasteiger partial charge in [-0.25, -0.2) is 9.97 Å². The summed E-state index contributed by atoms with van der Waals surface area (Å²) in [5.41, 5.74) is 0. The summed E-state index contributed by atoms with van der Waals surface area (Å²) in [6.45, 7) is 7.08. The van der Waals surface area contributed by atoms with Crippen molar-refractivity contribution in [1.29, 1.82) is 0 Å². The van der Waals surface area contributed by atoms with Gasteiger partial charge in [0.15, 0.2) is 0 Å². The average molecular weight is 321 g/mol. The number of nitrogens with one attached hydrogen (secondary N) is 1. The van der Waals surface area contributed by atoms with Crippen LogP contribution in [0.5, 0.6) is 5.88 Å². The van der Waals surface area contributed by atoms with Crippen LogP contribution in [0.3, 0.4) is 0 Å². The summed E-state index contributed by atoms with van der Waals surface area (Å²) >= 11 is 0. The SMILES string of the molecule is CC(C)COc1cc(N2C[C@@H]3C[C@H]2CN3)ncn1.Cl.Cl. The van der Waals surface area contributed by atoms with Crippen molar-refractivity contribution in [3.63, 3.8) is 0 Å². The molecule has 1 aromatic heterocycles. The molecule has 2 atom stereocenters. The fourth-order valence-electron chi connectivity index (χ4n) is 2.66. The van der Waals surface area contributed by atoms with E-state index < -0.39 is 0 Å². The van der Waals surface area contributed by atoms with Crippen molar-refractivity contribution in [2.75, 3.05) is 24.6 Å². The molecular weight excluding hydrogens is 299 g/mol. The van der Waals surface area contributed by atoms with Crippen LogP contribution in [0, 0.1) is 5.92 Å². The maximum Gasteiger partial charge on any atom is 0.218 e. The van der Waals surface area contributed by atoms with E-state index in [1.165, 1.54) is 6.42 Å². The van der Waals surface area contributed by atoms with Crippen LogP contribution in [0.2, 0.25) is 0 Å². The highest BCUT2D eigenvalue weighted by Crippen LogP contribution is 2.28. The fourth-order valence-corrected chi connectivity index (χ4v) is 2.66. The van der Waals surface area contributed by atoms with Crippen LogP contribution in [0.1, 0.15) is 20.3 Å². The Morgan fingerprint density at radius 2 is 2.20 bits per heavy atom. The van der Waals surface area contributed by atoms with E-state index in [2.05, 4.69) is 34.0 Å². The van der Waals surface area contributed by atoms with Crippen LogP contribution in [-0.4, -0.2) is 41.7 Å². The molecule has 3 rings (SSSR count). The molecule has 0 aromatic carbocycles. The molecule has 1 aromatic rings. The van der Waals surface area contributed by atoms with E-state index in [4.69, 9.17) is 4.74 Å². The minimum atomic E-state index is 0. The van der Waals surface area contributed by atoms with Crippen molar-refractivity contribution in [3.05, 3.63) is 12.4 Å². The van der Waals surface area contributed by atoms with Crippen LogP contribution >= 0.6 is 24.8 Å². The molecule has 2 aliphatic rings. The minimum Gasteiger partial charge on any atom is -0.477 e. The number of rotatable bonds is 4. The van der Waals surface area contributed by atoms with Crippen LogP contribution in [-0.2, 0) is 0 Å². The highest BCUT2D eigenvalue weighted by atomic mass is 35.5. The van der Waals surface area contributed by atoms with E-state index >= 15 is 0 Å².